The van der Waals surface area contributed by atoms with Crippen LogP contribution >= 0.6 is 0 Å². The van der Waals surface area contributed by atoms with Crippen molar-refractivity contribution in [2.45, 2.75) is 31.5 Å². The number of aromatic nitrogens is 3. The fourth-order valence-electron chi connectivity index (χ4n) is 6.19. The molecule has 0 bridgehead atoms. The average Bonchev–Trinajstić information content (AvgIpc) is 3.60. The number of carbonyl (C=O) groups is 1. The molecule has 8 heteroatoms. The third-order valence-corrected chi connectivity index (χ3v) is 8.41. The molecular weight excluding hydrogens is 577 g/mol. The largest absolute Gasteiger partial charge is 0.374 e. The zero-order valence-corrected chi connectivity index (χ0v) is 25.2. The summed E-state index contributed by atoms with van der Waals surface area (Å²) in [5, 5.41) is 4.69. The molecule has 1 aliphatic heterocycles. The smallest absolute Gasteiger partial charge is 0.281 e. The lowest BCUT2D eigenvalue weighted by Gasteiger charge is -2.33. The first-order chi connectivity index (χ1) is 22.7. The lowest BCUT2D eigenvalue weighted by atomic mass is 9.80. The predicted octanol–water partition coefficient (Wildman–Crippen LogP) is 7.44. The van der Waals surface area contributed by atoms with Crippen LogP contribution in [0.15, 0.2) is 139 Å². The maximum absolute atomic E-state index is 14.3. The fourth-order valence-corrected chi connectivity index (χ4v) is 6.19. The van der Waals surface area contributed by atoms with Crippen molar-refractivity contribution in [2.75, 3.05) is 11.6 Å². The van der Waals surface area contributed by atoms with Crippen LogP contribution in [0.2, 0.25) is 0 Å². The van der Waals surface area contributed by atoms with Gasteiger partial charge >= 0.3 is 0 Å². The van der Waals surface area contributed by atoms with Crippen molar-refractivity contribution in [3.05, 3.63) is 162 Å². The van der Waals surface area contributed by atoms with Crippen molar-refractivity contribution < 1.29 is 14.0 Å². The number of halogens is 1. The molecule has 7 nitrogen and oxygen atoms in total. The van der Waals surface area contributed by atoms with E-state index in [0.717, 1.165) is 27.7 Å². The minimum absolute atomic E-state index is 0.185. The number of hydrogen-bond acceptors (Lipinski definition) is 5. The van der Waals surface area contributed by atoms with Gasteiger partial charge in [0.15, 0.2) is 5.71 Å². The van der Waals surface area contributed by atoms with Crippen LogP contribution in [-0.2, 0) is 28.3 Å². The number of rotatable bonds is 11. The first-order valence-corrected chi connectivity index (χ1v) is 15.4. The number of oxime groups is 1. The van der Waals surface area contributed by atoms with Crippen molar-refractivity contribution in [1.29, 1.82) is 0 Å². The Morgan fingerprint density at radius 3 is 2.00 bits per heavy atom. The van der Waals surface area contributed by atoms with Crippen LogP contribution in [0.5, 0.6) is 0 Å². The van der Waals surface area contributed by atoms with Crippen LogP contribution in [0.3, 0.4) is 0 Å². The molecule has 0 fully saturated rings. The Bertz CT molecular complexity index is 1900. The Morgan fingerprint density at radius 1 is 0.761 bits per heavy atom. The summed E-state index contributed by atoms with van der Waals surface area (Å²) in [6.45, 7) is 0.420. The van der Waals surface area contributed by atoms with Gasteiger partial charge in [-0.05, 0) is 31.0 Å². The molecule has 228 valence electrons. The summed E-state index contributed by atoms with van der Waals surface area (Å²) >= 11 is 0. The van der Waals surface area contributed by atoms with Crippen LogP contribution in [0.1, 0.15) is 40.9 Å². The van der Waals surface area contributed by atoms with E-state index in [0.29, 0.717) is 36.5 Å². The van der Waals surface area contributed by atoms with E-state index in [1.807, 2.05) is 115 Å². The molecule has 46 heavy (non-hydrogen) atoms. The first kappa shape index (κ1) is 29.1. The Labute approximate surface area is 266 Å². The minimum Gasteiger partial charge on any atom is -0.374 e. The molecule has 6 aromatic rings. The van der Waals surface area contributed by atoms with Crippen LogP contribution in [-0.4, -0.2) is 32.8 Å². The Kier molecular flexibility index (Phi) is 8.08. The summed E-state index contributed by atoms with van der Waals surface area (Å²) in [6.07, 6.45) is 4.44. The molecular formula is C38H32FN5O2. The van der Waals surface area contributed by atoms with Crippen molar-refractivity contribution in [1.82, 2.24) is 14.5 Å². The third-order valence-electron chi connectivity index (χ3n) is 8.41. The molecule has 0 aliphatic carbocycles. The molecule has 0 unspecified atom stereocenters. The van der Waals surface area contributed by atoms with Crippen molar-refractivity contribution in [3.8, 4) is 0 Å². The predicted molar refractivity (Wildman–Crippen MR) is 177 cm³/mol. The van der Waals surface area contributed by atoms with Gasteiger partial charge in [-0.25, -0.2) is 4.98 Å². The number of nitrogens with zero attached hydrogens (tertiary/aromatic N) is 5. The number of pyridine rings is 1. The number of amides is 1. The van der Waals surface area contributed by atoms with Gasteiger partial charge in [-0.15, -0.1) is 0 Å². The summed E-state index contributed by atoms with van der Waals surface area (Å²) < 4.78 is 15.1. The maximum Gasteiger partial charge on any atom is 0.281 e. The molecule has 0 radical (unpaired) electrons. The lowest BCUT2D eigenvalue weighted by molar-refractivity contribution is -0.112. The van der Waals surface area contributed by atoms with Gasteiger partial charge in [0, 0.05) is 35.0 Å². The number of imidazole rings is 1. The van der Waals surface area contributed by atoms with Crippen LogP contribution < -0.4 is 4.90 Å². The van der Waals surface area contributed by atoms with Gasteiger partial charge in [-0.1, -0.05) is 108 Å². The van der Waals surface area contributed by atoms with Crippen molar-refractivity contribution >= 4 is 28.3 Å². The second-order valence-electron chi connectivity index (χ2n) is 11.2. The molecule has 0 atom stereocenters. The molecule has 1 aliphatic rings. The number of anilines is 1. The molecule has 0 saturated heterocycles. The molecule has 7 rings (SSSR count). The van der Waals surface area contributed by atoms with Crippen LogP contribution in [0.25, 0.3) is 11.0 Å². The van der Waals surface area contributed by atoms with Crippen molar-refractivity contribution in [3.63, 3.8) is 0 Å². The molecule has 0 spiro atoms. The van der Waals surface area contributed by atoms with Gasteiger partial charge in [0.05, 0.1) is 36.1 Å². The highest BCUT2D eigenvalue weighted by atomic mass is 19.1. The molecule has 2 aromatic heterocycles. The van der Waals surface area contributed by atoms with Crippen molar-refractivity contribution in [2.24, 2.45) is 5.16 Å². The van der Waals surface area contributed by atoms with Gasteiger partial charge in [-0.3, -0.25) is 19.1 Å². The summed E-state index contributed by atoms with van der Waals surface area (Å²) in [7, 11) is 0. The normalized spacial score (nSPS) is 13.8. The third kappa shape index (κ3) is 5.21. The van der Waals surface area contributed by atoms with E-state index in [9.17, 15) is 9.18 Å². The van der Waals surface area contributed by atoms with E-state index in [-0.39, 0.29) is 24.8 Å². The van der Waals surface area contributed by atoms with E-state index < -0.39 is 5.60 Å². The van der Waals surface area contributed by atoms with E-state index in [4.69, 9.17) is 15.0 Å². The number of benzene rings is 4. The molecule has 4 aromatic carbocycles. The number of unbranched alkanes of at least 4 members (excludes halogenated alkanes) is 1. The van der Waals surface area contributed by atoms with Gasteiger partial charge in [-0.2, -0.15) is 0 Å². The number of aryl methyl sites for hydroxylation is 1. The molecule has 0 N–H and O–H groups in total. The zero-order valence-electron chi connectivity index (χ0n) is 25.2. The van der Waals surface area contributed by atoms with Crippen LogP contribution in [0, 0.1) is 0 Å². The number of alkyl halides is 1. The van der Waals surface area contributed by atoms with E-state index in [2.05, 4.69) is 9.55 Å². The van der Waals surface area contributed by atoms with Gasteiger partial charge < -0.3 is 9.40 Å². The van der Waals surface area contributed by atoms with E-state index >= 15 is 0 Å². The van der Waals surface area contributed by atoms with Gasteiger partial charge in [0.1, 0.15) is 5.82 Å². The standard InChI is InChI=1S/C38H32FN5O2/c39-23-12-13-25-43-33-21-11-10-20-32(33)41-35(43)27-44-34-26-40-24-22-31(34)36(37(44)45)42-46-38(28-14-4-1-5-15-28,29-16-6-2-7-17-29)30-18-8-3-9-19-30/h1-11,14-22,24,26H,12-13,23,25,27H2/b42-36-. The number of fused-ring (bicyclic) bond motifs is 2. The summed E-state index contributed by atoms with van der Waals surface area (Å²) in [4.78, 5) is 31.8. The second kappa shape index (κ2) is 12.8. The lowest BCUT2D eigenvalue weighted by Crippen LogP contribution is -2.34. The summed E-state index contributed by atoms with van der Waals surface area (Å²) in [5.41, 5.74) is 4.69. The topological polar surface area (TPSA) is 72.6 Å². The number of hydrogen-bond donors (Lipinski definition) is 0. The zero-order chi connectivity index (χ0) is 31.3. The molecule has 3 heterocycles. The fraction of sp³-hybridized carbons (Fsp3) is 0.158. The monoisotopic (exact) mass is 609 g/mol. The number of para-hydroxylation sites is 2. The SMILES string of the molecule is O=C1/C(=N\OC(c2ccccc2)(c2ccccc2)c2ccccc2)c2ccncc2N1Cc1nc2ccccc2n1CCCCF. The second-order valence-corrected chi connectivity index (χ2v) is 11.2. The maximum atomic E-state index is 14.3. The highest BCUT2D eigenvalue weighted by Crippen LogP contribution is 2.41. The summed E-state index contributed by atoms with van der Waals surface area (Å²) in [6, 6.07) is 39.4. The van der Waals surface area contributed by atoms with Crippen LogP contribution in [0.4, 0.5) is 10.1 Å². The highest BCUT2D eigenvalue weighted by Gasteiger charge is 2.42. The quantitative estimate of drug-likeness (QED) is 0.0870. The van der Waals surface area contributed by atoms with Gasteiger partial charge in [0.2, 0.25) is 5.60 Å². The van der Waals surface area contributed by atoms with E-state index in [1.165, 1.54) is 0 Å². The van der Waals surface area contributed by atoms with E-state index in [1.54, 1.807) is 23.4 Å². The number of carbonyl (C=O) groups excluding carboxylic acids is 1. The molecule has 1 amide bonds. The first-order valence-electron chi connectivity index (χ1n) is 15.4. The van der Waals surface area contributed by atoms with Gasteiger partial charge in [0.25, 0.3) is 5.91 Å². The molecule has 0 saturated carbocycles. The average molecular weight is 610 g/mol. The minimum atomic E-state index is -1.14. The Balaban J connectivity index is 1.31. The highest BCUT2D eigenvalue weighted by molar-refractivity contribution is 6.54. The Morgan fingerprint density at radius 2 is 1.37 bits per heavy atom. The summed E-state index contributed by atoms with van der Waals surface area (Å²) in [5.74, 6) is 0.394. The Hall–Kier alpha value is -5.63.